The molecule has 1 aromatic carbocycles. The number of H-pyrrole nitrogens is 1. The van der Waals surface area contributed by atoms with Crippen molar-refractivity contribution in [2.75, 3.05) is 13.1 Å². The minimum absolute atomic E-state index is 0.0213. The van der Waals surface area contributed by atoms with Crippen LogP contribution in [0.1, 0.15) is 37.6 Å². The van der Waals surface area contributed by atoms with Crippen molar-refractivity contribution in [2.45, 2.75) is 45.7 Å². The maximum atomic E-state index is 12.5. The monoisotopic (exact) mass is 401 g/mol. The highest BCUT2D eigenvalue weighted by molar-refractivity contribution is 7.71. The van der Waals surface area contributed by atoms with Gasteiger partial charge in [-0.05, 0) is 44.0 Å². The first-order chi connectivity index (χ1) is 13.6. The molecule has 2 heterocycles. The highest BCUT2D eigenvalue weighted by Gasteiger charge is 2.27. The molecule has 0 atom stereocenters. The molecule has 0 radical (unpaired) electrons. The zero-order valence-corrected chi connectivity index (χ0v) is 17.0. The summed E-state index contributed by atoms with van der Waals surface area (Å²) >= 11 is 5.16. The summed E-state index contributed by atoms with van der Waals surface area (Å²) in [6.07, 6.45) is 2.67. The number of aromatic nitrogens is 3. The fraction of sp³-hybridized carbons (Fsp3) is 0.500. The Morgan fingerprint density at radius 2 is 1.96 bits per heavy atom. The van der Waals surface area contributed by atoms with E-state index in [1.165, 1.54) is 5.56 Å². The van der Waals surface area contributed by atoms with E-state index in [4.69, 9.17) is 12.2 Å². The lowest BCUT2D eigenvalue weighted by Gasteiger charge is -2.31. The average Bonchev–Trinajstić information content (AvgIpc) is 3.10. The van der Waals surface area contributed by atoms with Gasteiger partial charge >= 0.3 is 0 Å². The molecule has 2 N–H and O–H groups in total. The predicted octanol–water partition coefficient (Wildman–Crippen LogP) is 2.45. The van der Waals surface area contributed by atoms with Gasteiger partial charge in [0.05, 0.1) is 6.54 Å². The van der Waals surface area contributed by atoms with Gasteiger partial charge < -0.3 is 14.8 Å². The number of aryl methyl sites for hydroxylation is 1. The molecule has 28 heavy (non-hydrogen) atoms. The molecule has 1 aliphatic rings. The summed E-state index contributed by atoms with van der Waals surface area (Å²) in [4.78, 5) is 26.8. The van der Waals surface area contributed by atoms with Crippen LogP contribution >= 0.6 is 12.2 Å². The maximum Gasteiger partial charge on any atom is 0.223 e. The van der Waals surface area contributed by atoms with Crippen LogP contribution in [-0.4, -0.2) is 44.6 Å². The number of piperidine rings is 1. The molecular weight excluding hydrogens is 374 g/mol. The third-order valence-electron chi connectivity index (χ3n) is 5.26. The van der Waals surface area contributed by atoms with Crippen LogP contribution in [0.25, 0.3) is 0 Å². The fourth-order valence-electron chi connectivity index (χ4n) is 3.57. The van der Waals surface area contributed by atoms with Crippen molar-refractivity contribution in [3.63, 3.8) is 0 Å². The van der Waals surface area contributed by atoms with Crippen molar-refractivity contribution < 1.29 is 9.59 Å². The molecule has 1 fully saturated rings. The lowest BCUT2D eigenvalue weighted by molar-refractivity contribution is -0.135. The molecule has 2 aromatic rings. The summed E-state index contributed by atoms with van der Waals surface area (Å²) in [7, 11) is 0. The number of amides is 2. The Bertz CT molecular complexity index is 853. The standard InChI is InChI=1S/C20H27N5O2S/c1-2-25-17(22-23-20(25)28)14-21-19(27)16-10-12-24(13-11-16)18(26)9-8-15-6-4-3-5-7-15/h3-7,16H,2,8-14H2,1H3,(H,21,27)(H,23,28). The summed E-state index contributed by atoms with van der Waals surface area (Å²) in [5.74, 6) is 0.860. The predicted molar refractivity (Wildman–Crippen MR) is 109 cm³/mol. The van der Waals surface area contributed by atoms with Gasteiger partial charge in [0.15, 0.2) is 10.6 Å². The minimum atomic E-state index is -0.0600. The number of carbonyl (C=O) groups excluding carboxylic acids is 2. The Balaban J connectivity index is 1.42. The number of hydrogen-bond donors (Lipinski definition) is 2. The molecule has 2 amide bonds. The second-order valence-electron chi connectivity index (χ2n) is 7.05. The highest BCUT2D eigenvalue weighted by Crippen LogP contribution is 2.19. The Kier molecular flexibility index (Phi) is 6.97. The lowest BCUT2D eigenvalue weighted by Crippen LogP contribution is -2.43. The van der Waals surface area contributed by atoms with Gasteiger partial charge in [-0.15, -0.1) is 0 Å². The van der Waals surface area contributed by atoms with Crippen LogP contribution in [0.2, 0.25) is 0 Å². The Hall–Kier alpha value is -2.48. The van der Waals surface area contributed by atoms with E-state index < -0.39 is 0 Å². The summed E-state index contributed by atoms with van der Waals surface area (Å²) in [6, 6.07) is 10.0. The van der Waals surface area contributed by atoms with E-state index in [0.29, 0.717) is 50.2 Å². The maximum absolute atomic E-state index is 12.5. The number of nitrogens with zero attached hydrogens (tertiary/aromatic N) is 3. The van der Waals surface area contributed by atoms with Crippen LogP contribution in [0.5, 0.6) is 0 Å². The number of nitrogens with one attached hydrogen (secondary N) is 2. The molecule has 8 heteroatoms. The highest BCUT2D eigenvalue weighted by atomic mass is 32.1. The molecule has 1 aromatic heterocycles. The number of hydrogen-bond acceptors (Lipinski definition) is 4. The van der Waals surface area contributed by atoms with E-state index in [9.17, 15) is 9.59 Å². The Morgan fingerprint density at radius 1 is 1.25 bits per heavy atom. The SMILES string of the molecule is CCn1c(CNC(=O)C2CCN(C(=O)CCc3ccccc3)CC2)n[nH]c1=S. The van der Waals surface area contributed by atoms with Gasteiger partial charge in [0.25, 0.3) is 0 Å². The zero-order chi connectivity index (χ0) is 19.9. The third-order valence-corrected chi connectivity index (χ3v) is 5.57. The molecule has 150 valence electrons. The number of benzene rings is 1. The largest absolute Gasteiger partial charge is 0.349 e. The quantitative estimate of drug-likeness (QED) is 0.698. The van der Waals surface area contributed by atoms with Gasteiger partial charge in [0, 0.05) is 32.0 Å². The molecule has 3 rings (SSSR count). The number of rotatable bonds is 7. The molecule has 0 saturated carbocycles. The van der Waals surface area contributed by atoms with E-state index in [0.717, 1.165) is 12.2 Å². The van der Waals surface area contributed by atoms with Crippen molar-refractivity contribution in [1.82, 2.24) is 25.0 Å². The van der Waals surface area contributed by atoms with Crippen LogP contribution in [0.4, 0.5) is 0 Å². The van der Waals surface area contributed by atoms with Crippen molar-refractivity contribution >= 4 is 24.0 Å². The first kappa shape index (κ1) is 20.3. The van der Waals surface area contributed by atoms with E-state index in [2.05, 4.69) is 15.5 Å². The van der Waals surface area contributed by atoms with Crippen LogP contribution in [0, 0.1) is 10.7 Å². The summed E-state index contributed by atoms with van der Waals surface area (Å²) in [5, 5.41) is 9.87. The molecule has 0 bridgehead atoms. The number of aromatic amines is 1. The summed E-state index contributed by atoms with van der Waals surface area (Å²) in [5.41, 5.74) is 1.18. The molecular formula is C20H27N5O2S. The van der Waals surface area contributed by atoms with Gasteiger partial charge in [-0.2, -0.15) is 5.10 Å². The molecule has 7 nitrogen and oxygen atoms in total. The Labute approximate surface area is 170 Å². The van der Waals surface area contributed by atoms with E-state index >= 15 is 0 Å². The minimum Gasteiger partial charge on any atom is -0.349 e. The Morgan fingerprint density at radius 3 is 2.64 bits per heavy atom. The van der Waals surface area contributed by atoms with Crippen molar-refractivity contribution in [1.29, 1.82) is 0 Å². The van der Waals surface area contributed by atoms with Gasteiger partial charge in [-0.25, -0.2) is 0 Å². The van der Waals surface area contributed by atoms with E-state index in [-0.39, 0.29) is 17.7 Å². The smallest absolute Gasteiger partial charge is 0.223 e. The van der Waals surface area contributed by atoms with Gasteiger partial charge in [0.1, 0.15) is 0 Å². The first-order valence-electron chi connectivity index (χ1n) is 9.82. The molecule has 0 unspecified atom stereocenters. The van der Waals surface area contributed by atoms with Crippen molar-refractivity contribution in [3.8, 4) is 0 Å². The van der Waals surface area contributed by atoms with E-state index in [1.54, 1.807) is 0 Å². The first-order valence-corrected chi connectivity index (χ1v) is 10.2. The van der Waals surface area contributed by atoms with Crippen LogP contribution < -0.4 is 5.32 Å². The van der Waals surface area contributed by atoms with E-state index in [1.807, 2.05) is 46.7 Å². The zero-order valence-electron chi connectivity index (χ0n) is 16.2. The summed E-state index contributed by atoms with van der Waals surface area (Å²) < 4.78 is 2.43. The second-order valence-corrected chi connectivity index (χ2v) is 7.43. The second kappa shape index (κ2) is 9.64. The molecule has 1 saturated heterocycles. The van der Waals surface area contributed by atoms with Gasteiger partial charge in [-0.1, -0.05) is 30.3 Å². The lowest BCUT2D eigenvalue weighted by atomic mass is 9.95. The topological polar surface area (TPSA) is 83.0 Å². The fourth-order valence-corrected chi connectivity index (χ4v) is 3.85. The molecule has 0 aliphatic carbocycles. The van der Waals surface area contributed by atoms with Gasteiger partial charge in [0.2, 0.25) is 11.8 Å². The number of carbonyl (C=O) groups is 2. The van der Waals surface area contributed by atoms with Crippen LogP contribution in [0.3, 0.4) is 0 Å². The summed E-state index contributed by atoms with van der Waals surface area (Å²) in [6.45, 7) is 4.33. The van der Waals surface area contributed by atoms with Crippen LogP contribution in [0.15, 0.2) is 30.3 Å². The average molecular weight is 402 g/mol. The number of likely N-dealkylation sites (tertiary alicyclic amines) is 1. The normalized spacial score (nSPS) is 14.8. The van der Waals surface area contributed by atoms with Crippen molar-refractivity contribution in [3.05, 3.63) is 46.5 Å². The third kappa shape index (κ3) is 5.07. The van der Waals surface area contributed by atoms with Gasteiger partial charge in [-0.3, -0.25) is 14.7 Å². The molecule has 0 spiro atoms. The van der Waals surface area contributed by atoms with Crippen LogP contribution in [-0.2, 0) is 29.1 Å². The molecule has 1 aliphatic heterocycles. The van der Waals surface area contributed by atoms with Crippen molar-refractivity contribution in [2.24, 2.45) is 5.92 Å².